The van der Waals surface area contributed by atoms with Crippen molar-refractivity contribution in [3.8, 4) is 0 Å². The predicted octanol–water partition coefficient (Wildman–Crippen LogP) is 0.298. The third-order valence-corrected chi connectivity index (χ3v) is 3.21. The Morgan fingerprint density at radius 1 is 1.22 bits per heavy atom. The van der Waals surface area contributed by atoms with Crippen LogP contribution in [0.25, 0.3) is 0 Å². The van der Waals surface area contributed by atoms with Crippen molar-refractivity contribution in [3.63, 3.8) is 0 Å². The summed E-state index contributed by atoms with van der Waals surface area (Å²) in [5.74, 6) is 0.541. The molecule has 1 aliphatic heterocycles. The molecule has 1 fully saturated rings. The zero-order valence-corrected chi connectivity index (χ0v) is 11.2. The molecular formula is C12H17N3O2S. The first-order valence-corrected chi connectivity index (χ1v) is 7.72. The average Bonchev–Trinajstić information content (AvgIpc) is 2.37. The van der Waals surface area contributed by atoms with Gasteiger partial charge < -0.3 is 10.2 Å². The van der Waals surface area contributed by atoms with E-state index in [0.29, 0.717) is 5.84 Å². The van der Waals surface area contributed by atoms with E-state index in [1.807, 2.05) is 35.2 Å². The molecule has 0 atom stereocenters. The Labute approximate surface area is 108 Å². The van der Waals surface area contributed by atoms with E-state index in [4.69, 9.17) is 0 Å². The lowest BCUT2D eigenvalue weighted by molar-refractivity contribution is 0.358. The summed E-state index contributed by atoms with van der Waals surface area (Å²) in [6, 6.07) is 9.43. The lowest BCUT2D eigenvalue weighted by atomic mass is 10.2. The van der Waals surface area contributed by atoms with Gasteiger partial charge in [-0.2, -0.15) is 0 Å². The van der Waals surface area contributed by atoms with Gasteiger partial charge in [0.05, 0.1) is 6.26 Å². The summed E-state index contributed by atoms with van der Waals surface area (Å²) in [4.78, 5) is 2.01. The van der Waals surface area contributed by atoms with Crippen molar-refractivity contribution in [2.45, 2.75) is 0 Å². The Morgan fingerprint density at radius 3 is 2.39 bits per heavy atom. The summed E-state index contributed by atoms with van der Waals surface area (Å²) in [6.45, 7) is 3.22. The first kappa shape index (κ1) is 13.0. The fraction of sp³-hybridized carbons (Fsp3) is 0.417. The normalized spacial score (nSPS) is 17.8. The van der Waals surface area contributed by atoms with Gasteiger partial charge in [0.25, 0.3) is 10.0 Å². The van der Waals surface area contributed by atoms with Crippen LogP contribution in [0.5, 0.6) is 0 Å². The minimum atomic E-state index is -3.39. The van der Waals surface area contributed by atoms with E-state index in [9.17, 15) is 8.42 Å². The zero-order valence-electron chi connectivity index (χ0n) is 10.3. The standard InChI is InChI=1S/C12H17N3O2S/c1-18(16,17)14-12(11-5-3-2-4-6-11)15-9-7-13-8-10-15/h2-6,13H,7-10H2,1H3/b14-12+. The average molecular weight is 267 g/mol. The van der Waals surface area contributed by atoms with Crippen LogP contribution < -0.4 is 5.32 Å². The van der Waals surface area contributed by atoms with Gasteiger partial charge in [0.2, 0.25) is 0 Å². The van der Waals surface area contributed by atoms with Crippen molar-refractivity contribution in [2.75, 3.05) is 32.4 Å². The molecule has 0 bridgehead atoms. The lowest BCUT2D eigenvalue weighted by Gasteiger charge is -2.30. The van der Waals surface area contributed by atoms with Gasteiger partial charge in [0, 0.05) is 31.7 Å². The summed E-state index contributed by atoms with van der Waals surface area (Å²) < 4.78 is 26.7. The molecular weight excluding hydrogens is 250 g/mol. The van der Waals surface area contributed by atoms with Crippen molar-refractivity contribution >= 4 is 15.9 Å². The molecule has 0 saturated carbocycles. The Bertz CT molecular complexity index is 520. The third-order valence-electron chi connectivity index (χ3n) is 2.70. The molecule has 5 nitrogen and oxygen atoms in total. The molecule has 0 radical (unpaired) electrons. The zero-order chi connectivity index (χ0) is 13.0. The van der Waals surface area contributed by atoms with Crippen LogP contribution in [0.15, 0.2) is 34.7 Å². The number of amidine groups is 1. The van der Waals surface area contributed by atoms with Crippen molar-refractivity contribution in [1.82, 2.24) is 10.2 Å². The van der Waals surface area contributed by atoms with Gasteiger partial charge in [-0.3, -0.25) is 0 Å². The van der Waals surface area contributed by atoms with Gasteiger partial charge >= 0.3 is 0 Å². The summed E-state index contributed by atoms with van der Waals surface area (Å²) >= 11 is 0. The maximum atomic E-state index is 11.4. The molecule has 1 saturated heterocycles. The van der Waals surface area contributed by atoms with Gasteiger partial charge in [-0.15, -0.1) is 4.40 Å². The maximum absolute atomic E-state index is 11.4. The predicted molar refractivity (Wildman–Crippen MR) is 72.3 cm³/mol. The smallest absolute Gasteiger partial charge is 0.252 e. The minimum Gasteiger partial charge on any atom is -0.353 e. The number of benzene rings is 1. The van der Waals surface area contributed by atoms with Crippen molar-refractivity contribution < 1.29 is 8.42 Å². The van der Waals surface area contributed by atoms with Gasteiger partial charge in [-0.05, 0) is 0 Å². The largest absolute Gasteiger partial charge is 0.353 e. The third kappa shape index (κ3) is 3.54. The second-order valence-corrected chi connectivity index (χ2v) is 5.90. The molecule has 1 heterocycles. The number of hydrogen-bond acceptors (Lipinski definition) is 3. The number of hydrogen-bond donors (Lipinski definition) is 1. The molecule has 1 aromatic rings. The quantitative estimate of drug-likeness (QED) is 0.618. The summed E-state index contributed by atoms with van der Waals surface area (Å²) in [7, 11) is -3.39. The topological polar surface area (TPSA) is 61.8 Å². The van der Waals surface area contributed by atoms with E-state index in [-0.39, 0.29) is 0 Å². The van der Waals surface area contributed by atoms with Gasteiger partial charge in [0.1, 0.15) is 5.84 Å². The van der Waals surface area contributed by atoms with E-state index in [1.165, 1.54) is 0 Å². The monoisotopic (exact) mass is 267 g/mol. The fourth-order valence-corrected chi connectivity index (χ4v) is 2.45. The molecule has 2 rings (SSSR count). The molecule has 1 N–H and O–H groups in total. The molecule has 0 amide bonds. The number of nitrogens with zero attached hydrogens (tertiary/aromatic N) is 2. The summed E-state index contributed by atoms with van der Waals surface area (Å²) in [5.41, 5.74) is 0.838. The minimum absolute atomic E-state index is 0.541. The van der Waals surface area contributed by atoms with Crippen LogP contribution in [-0.4, -0.2) is 51.6 Å². The summed E-state index contributed by atoms with van der Waals surface area (Å²) in [5, 5.41) is 3.24. The van der Waals surface area contributed by atoms with Gasteiger partial charge in [-0.1, -0.05) is 30.3 Å². The highest BCUT2D eigenvalue weighted by Crippen LogP contribution is 2.09. The van der Waals surface area contributed by atoms with E-state index in [0.717, 1.165) is 38.0 Å². The molecule has 98 valence electrons. The van der Waals surface area contributed by atoms with Crippen molar-refractivity contribution in [1.29, 1.82) is 0 Å². The Balaban J connectivity index is 2.37. The second-order valence-electron chi connectivity index (χ2n) is 4.25. The number of piperazine rings is 1. The Morgan fingerprint density at radius 2 is 1.83 bits per heavy atom. The van der Waals surface area contributed by atoms with Crippen LogP contribution in [0.2, 0.25) is 0 Å². The van der Waals surface area contributed by atoms with Crippen molar-refractivity contribution in [3.05, 3.63) is 35.9 Å². The molecule has 0 aromatic heterocycles. The van der Waals surface area contributed by atoms with Crippen LogP contribution in [0.4, 0.5) is 0 Å². The number of sulfonamides is 1. The van der Waals surface area contributed by atoms with Crippen LogP contribution in [-0.2, 0) is 10.0 Å². The Kier molecular flexibility index (Phi) is 3.98. The van der Waals surface area contributed by atoms with E-state index >= 15 is 0 Å². The van der Waals surface area contributed by atoms with Crippen LogP contribution in [0, 0.1) is 0 Å². The highest BCUT2D eigenvalue weighted by molar-refractivity contribution is 7.89. The lowest BCUT2D eigenvalue weighted by Crippen LogP contribution is -2.47. The van der Waals surface area contributed by atoms with E-state index in [2.05, 4.69) is 9.71 Å². The van der Waals surface area contributed by atoms with Crippen molar-refractivity contribution in [2.24, 2.45) is 4.40 Å². The SMILES string of the molecule is CS(=O)(=O)/N=C(\c1ccccc1)N1CCNCC1. The fourth-order valence-electron chi connectivity index (χ4n) is 1.91. The molecule has 1 aromatic carbocycles. The molecule has 0 aliphatic carbocycles. The second kappa shape index (κ2) is 5.49. The van der Waals surface area contributed by atoms with E-state index < -0.39 is 10.0 Å². The number of nitrogens with one attached hydrogen (secondary N) is 1. The van der Waals surface area contributed by atoms with Gasteiger partial charge in [-0.25, -0.2) is 8.42 Å². The van der Waals surface area contributed by atoms with Crippen LogP contribution in [0.1, 0.15) is 5.56 Å². The molecule has 1 aliphatic rings. The maximum Gasteiger partial charge on any atom is 0.252 e. The van der Waals surface area contributed by atoms with Gasteiger partial charge in [0.15, 0.2) is 0 Å². The highest BCUT2D eigenvalue weighted by atomic mass is 32.2. The summed E-state index contributed by atoms with van der Waals surface area (Å²) in [6.07, 6.45) is 1.12. The van der Waals surface area contributed by atoms with E-state index in [1.54, 1.807) is 0 Å². The first-order valence-electron chi connectivity index (χ1n) is 5.87. The van der Waals surface area contributed by atoms with Crippen LogP contribution >= 0.6 is 0 Å². The van der Waals surface area contributed by atoms with Crippen LogP contribution in [0.3, 0.4) is 0 Å². The molecule has 0 spiro atoms. The first-order chi connectivity index (χ1) is 8.56. The number of rotatable bonds is 2. The molecule has 6 heteroatoms. The highest BCUT2D eigenvalue weighted by Gasteiger charge is 2.17. The Hall–Kier alpha value is -1.40. The molecule has 18 heavy (non-hydrogen) atoms. The molecule has 0 unspecified atom stereocenters.